The average Bonchev–Trinajstić information content (AvgIpc) is 3.07. The van der Waals surface area contributed by atoms with Crippen molar-refractivity contribution < 1.29 is 8.91 Å². The molecule has 0 unspecified atom stereocenters. The number of hydrazine groups is 1. The third-order valence-electron chi connectivity index (χ3n) is 3.35. The molecule has 0 radical (unpaired) electrons. The number of benzene rings is 1. The minimum Gasteiger partial charge on any atom is -0.337 e. The smallest absolute Gasteiger partial charge is 0.245 e. The van der Waals surface area contributed by atoms with E-state index in [0.717, 1.165) is 19.4 Å². The Balaban J connectivity index is 1.87. The summed E-state index contributed by atoms with van der Waals surface area (Å²) in [5.74, 6) is 0.699. The molecule has 6 heteroatoms. The van der Waals surface area contributed by atoms with E-state index in [1.165, 1.54) is 12.1 Å². The summed E-state index contributed by atoms with van der Waals surface area (Å²) in [6.45, 7) is 0.957. The van der Waals surface area contributed by atoms with Gasteiger partial charge in [-0.15, -0.1) is 0 Å². The maximum absolute atomic E-state index is 13.2. The van der Waals surface area contributed by atoms with Crippen LogP contribution < -0.4 is 5.43 Å². The standard InChI is InChI=1S/C13H15FN4O/c1-15-18-7-3-6-11(18)13-16-12(17-19-13)9-4-2-5-10(14)8-9/h2,4-5,8,11,15H,3,6-7H2,1H3/t11-/m0/s1. The molecule has 0 saturated carbocycles. The van der Waals surface area contributed by atoms with Crippen LogP contribution in [0.5, 0.6) is 0 Å². The SMILES string of the molecule is CNN1CCC[C@H]1c1nc(-c2cccc(F)c2)no1. The Labute approximate surface area is 110 Å². The maximum Gasteiger partial charge on any atom is 0.245 e. The predicted molar refractivity (Wildman–Crippen MR) is 67.4 cm³/mol. The van der Waals surface area contributed by atoms with E-state index in [4.69, 9.17) is 4.52 Å². The highest BCUT2D eigenvalue weighted by Gasteiger charge is 2.30. The van der Waals surface area contributed by atoms with Crippen LogP contribution in [0.15, 0.2) is 28.8 Å². The molecule has 100 valence electrons. The van der Waals surface area contributed by atoms with Crippen LogP contribution in [0.25, 0.3) is 11.4 Å². The molecule has 0 bridgehead atoms. The second kappa shape index (κ2) is 5.07. The Morgan fingerprint density at radius 3 is 3.16 bits per heavy atom. The summed E-state index contributed by atoms with van der Waals surface area (Å²) in [7, 11) is 1.88. The van der Waals surface area contributed by atoms with Crippen LogP contribution in [0.4, 0.5) is 4.39 Å². The van der Waals surface area contributed by atoms with Crippen LogP contribution in [-0.2, 0) is 0 Å². The Hall–Kier alpha value is -1.79. The van der Waals surface area contributed by atoms with Gasteiger partial charge in [0.1, 0.15) is 11.9 Å². The number of aromatic nitrogens is 2. The van der Waals surface area contributed by atoms with Gasteiger partial charge in [0.05, 0.1) is 0 Å². The fourth-order valence-corrected chi connectivity index (χ4v) is 2.41. The highest BCUT2D eigenvalue weighted by molar-refractivity contribution is 5.53. The summed E-state index contributed by atoms with van der Waals surface area (Å²) in [5.41, 5.74) is 3.74. The van der Waals surface area contributed by atoms with Gasteiger partial charge < -0.3 is 4.52 Å². The predicted octanol–water partition coefficient (Wildman–Crippen LogP) is 2.15. The third-order valence-corrected chi connectivity index (χ3v) is 3.35. The zero-order valence-corrected chi connectivity index (χ0v) is 10.6. The maximum atomic E-state index is 13.2. The molecule has 1 N–H and O–H groups in total. The van der Waals surface area contributed by atoms with Gasteiger partial charge in [-0.05, 0) is 32.0 Å². The van der Waals surface area contributed by atoms with Gasteiger partial charge in [-0.3, -0.25) is 5.43 Å². The lowest BCUT2D eigenvalue weighted by Crippen LogP contribution is -2.34. The van der Waals surface area contributed by atoms with E-state index < -0.39 is 0 Å². The van der Waals surface area contributed by atoms with E-state index in [1.54, 1.807) is 12.1 Å². The van der Waals surface area contributed by atoms with E-state index in [-0.39, 0.29) is 11.9 Å². The number of rotatable bonds is 3. The molecule has 0 amide bonds. The van der Waals surface area contributed by atoms with Gasteiger partial charge >= 0.3 is 0 Å². The van der Waals surface area contributed by atoms with E-state index in [2.05, 4.69) is 20.6 Å². The normalized spacial score (nSPS) is 20.0. The van der Waals surface area contributed by atoms with Crippen LogP contribution in [0, 0.1) is 5.82 Å². The second-order valence-corrected chi connectivity index (χ2v) is 4.54. The summed E-state index contributed by atoms with van der Waals surface area (Å²) in [6, 6.07) is 6.29. The Kier molecular flexibility index (Phi) is 3.27. The molecule has 1 aromatic carbocycles. The van der Waals surface area contributed by atoms with Gasteiger partial charge in [0.25, 0.3) is 0 Å². The topological polar surface area (TPSA) is 54.2 Å². The first kappa shape index (κ1) is 12.3. The van der Waals surface area contributed by atoms with Crippen LogP contribution in [-0.4, -0.2) is 28.7 Å². The van der Waals surface area contributed by atoms with Crippen LogP contribution in [0.1, 0.15) is 24.8 Å². The van der Waals surface area contributed by atoms with Crippen molar-refractivity contribution in [3.05, 3.63) is 36.0 Å². The number of halogens is 1. The number of nitrogens with one attached hydrogen (secondary N) is 1. The van der Waals surface area contributed by atoms with Gasteiger partial charge in [-0.1, -0.05) is 17.3 Å². The van der Waals surface area contributed by atoms with Crippen LogP contribution in [0.3, 0.4) is 0 Å². The van der Waals surface area contributed by atoms with E-state index in [1.807, 2.05) is 7.05 Å². The first-order valence-corrected chi connectivity index (χ1v) is 6.31. The third kappa shape index (κ3) is 2.36. The molecule has 1 saturated heterocycles. The number of hydrogen-bond acceptors (Lipinski definition) is 5. The summed E-state index contributed by atoms with van der Waals surface area (Å²) in [6.07, 6.45) is 2.06. The zero-order chi connectivity index (χ0) is 13.2. The molecule has 2 heterocycles. The van der Waals surface area contributed by atoms with Gasteiger partial charge in [0.15, 0.2) is 0 Å². The second-order valence-electron chi connectivity index (χ2n) is 4.54. The van der Waals surface area contributed by atoms with Crippen molar-refractivity contribution in [3.63, 3.8) is 0 Å². The molecule has 2 aromatic rings. The molecule has 0 aliphatic carbocycles. The van der Waals surface area contributed by atoms with Crippen molar-refractivity contribution in [1.29, 1.82) is 0 Å². The summed E-state index contributed by atoms with van der Waals surface area (Å²) < 4.78 is 18.5. The lowest BCUT2D eigenvalue weighted by Gasteiger charge is -2.19. The lowest BCUT2D eigenvalue weighted by molar-refractivity contribution is 0.157. The van der Waals surface area contributed by atoms with Crippen molar-refractivity contribution in [1.82, 2.24) is 20.6 Å². The molecule has 5 nitrogen and oxygen atoms in total. The molecule has 0 spiro atoms. The van der Waals surface area contributed by atoms with Gasteiger partial charge in [0, 0.05) is 12.1 Å². The van der Waals surface area contributed by atoms with Crippen molar-refractivity contribution in [2.75, 3.05) is 13.6 Å². The highest BCUT2D eigenvalue weighted by atomic mass is 19.1. The van der Waals surface area contributed by atoms with Crippen molar-refractivity contribution >= 4 is 0 Å². The fourth-order valence-electron chi connectivity index (χ4n) is 2.41. The zero-order valence-electron chi connectivity index (χ0n) is 10.6. The molecule has 1 aromatic heterocycles. The van der Waals surface area contributed by atoms with Gasteiger partial charge in [-0.25, -0.2) is 9.40 Å². The molecule has 1 atom stereocenters. The Bertz CT molecular complexity index is 571. The quantitative estimate of drug-likeness (QED) is 0.918. The Morgan fingerprint density at radius 1 is 1.47 bits per heavy atom. The Morgan fingerprint density at radius 2 is 2.37 bits per heavy atom. The largest absolute Gasteiger partial charge is 0.337 e. The number of nitrogens with zero attached hydrogens (tertiary/aromatic N) is 3. The molecule has 3 rings (SSSR count). The van der Waals surface area contributed by atoms with Crippen LogP contribution >= 0.6 is 0 Å². The first-order chi connectivity index (χ1) is 9.28. The molecule has 19 heavy (non-hydrogen) atoms. The minimum atomic E-state index is -0.304. The molecular formula is C13H15FN4O. The van der Waals surface area contributed by atoms with Crippen molar-refractivity contribution in [2.45, 2.75) is 18.9 Å². The van der Waals surface area contributed by atoms with Gasteiger partial charge in [0.2, 0.25) is 11.7 Å². The van der Waals surface area contributed by atoms with Crippen molar-refractivity contribution in [3.8, 4) is 11.4 Å². The average molecular weight is 262 g/mol. The van der Waals surface area contributed by atoms with Crippen LogP contribution in [0.2, 0.25) is 0 Å². The summed E-state index contributed by atoms with van der Waals surface area (Å²) in [5, 5.41) is 6.01. The number of hydrogen-bond donors (Lipinski definition) is 1. The monoisotopic (exact) mass is 262 g/mol. The fraction of sp³-hybridized carbons (Fsp3) is 0.385. The van der Waals surface area contributed by atoms with Crippen molar-refractivity contribution in [2.24, 2.45) is 0 Å². The summed E-state index contributed by atoms with van der Waals surface area (Å²) >= 11 is 0. The first-order valence-electron chi connectivity index (χ1n) is 6.31. The highest BCUT2D eigenvalue weighted by Crippen LogP contribution is 2.30. The van der Waals surface area contributed by atoms with E-state index in [9.17, 15) is 4.39 Å². The molecule has 1 fully saturated rings. The van der Waals surface area contributed by atoms with Gasteiger partial charge in [-0.2, -0.15) is 4.98 Å². The molecule has 1 aliphatic heterocycles. The van der Waals surface area contributed by atoms with E-state index >= 15 is 0 Å². The summed E-state index contributed by atoms with van der Waals surface area (Å²) in [4.78, 5) is 4.38. The molecule has 1 aliphatic rings. The van der Waals surface area contributed by atoms with E-state index in [0.29, 0.717) is 17.3 Å². The molecular weight excluding hydrogens is 247 g/mol. The lowest BCUT2D eigenvalue weighted by atomic mass is 10.2. The minimum absolute atomic E-state index is 0.0970.